The third-order valence-corrected chi connectivity index (χ3v) is 13.3. The lowest BCUT2D eigenvalue weighted by atomic mass is 9.47. The van der Waals surface area contributed by atoms with Crippen LogP contribution in [0, 0.1) is 46.3 Å². The Kier molecular flexibility index (Phi) is 11.4. The van der Waals surface area contributed by atoms with Crippen LogP contribution in [0.4, 0.5) is 5.69 Å². The van der Waals surface area contributed by atoms with Crippen LogP contribution in [-0.2, 0) is 16.0 Å². The van der Waals surface area contributed by atoms with Crippen molar-refractivity contribution in [1.29, 1.82) is 0 Å². The molecular formula is C39H59Cl2NO2. The predicted octanol–water partition coefficient (Wildman–Crippen LogP) is 10.5. The first kappa shape index (κ1) is 34.2. The second-order valence-corrected chi connectivity index (χ2v) is 16.6. The summed E-state index contributed by atoms with van der Waals surface area (Å²) >= 11 is 11.9. The van der Waals surface area contributed by atoms with Gasteiger partial charge >= 0.3 is 5.97 Å². The average molecular weight is 645 g/mol. The van der Waals surface area contributed by atoms with E-state index in [9.17, 15) is 4.79 Å². The number of hydrogen-bond donors (Lipinski definition) is 0. The molecule has 0 aliphatic heterocycles. The molecule has 3 nitrogen and oxygen atoms in total. The van der Waals surface area contributed by atoms with Gasteiger partial charge < -0.3 is 9.64 Å². The minimum atomic E-state index is -0.105. The van der Waals surface area contributed by atoms with E-state index >= 15 is 0 Å². The highest BCUT2D eigenvalue weighted by Gasteiger charge is 2.59. The molecule has 3 fully saturated rings. The topological polar surface area (TPSA) is 29.5 Å². The largest absolute Gasteiger partial charge is 0.462 e. The van der Waals surface area contributed by atoms with Crippen molar-refractivity contribution in [2.75, 3.05) is 29.7 Å². The third-order valence-electron chi connectivity index (χ3n) is 12.9. The Morgan fingerprint density at radius 2 is 1.68 bits per heavy atom. The lowest BCUT2D eigenvalue weighted by molar-refractivity contribution is -0.150. The number of rotatable bonds is 13. The Morgan fingerprint density at radius 3 is 2.36 bits per heavy atom. The number of carbonyl (C=O) groups is 1. The smallest absolute Gasteiger partial charge is 0.310 e. The maximum atomic E-state index is 13.0. The first-order valence-corrected chi connectivity index (χ1v) is 19.0. The summed E-state index contributed by atoms with van der Waals surface area (Å²) in [6.07, 6.45) is 17.1. The van der Waals surface area contributed by atoms with Gasteiger partial charge in [0.2, 0.25) is 0 Å². The van der Waals surface area contributed by atoms with Crippen molar-refractivity contribution in [1.82, 2.24) is 0 Å². The second-order valence-electron chi connectivity index (χ2n) is 15.9. The van der Waals surface area contributed by atoms with E-state index in [2.05, 4.69) is 57.7 Å². The third kappa shape index (κ3) is 7.20. The van der Waals surface area contributed by atoms with Crippen LogP contribution in [-0.4, -0.2) is 36.9 Å². The Balaban J connectivity index is 1.17. The highest BCUT2D eigenvalue weighted by molar-refractivity contribution is 6.18. The van der Waals surface area contributed by atoms with Gasteiger partial charge in [0.05, 0.1) is 6.42 Å². The molecule has 4 aliphatic rings. The van der Waals surface area contributed by atoms with Crippen molar-refractivity contribution in [2.45, 2.75) is 118 Å². The molecule has 0 heterocycles. The van der Waals surface area contributed by atoms with Crippen LogP contribution in [0.25, 0.3) is 0 Å². The number of anilines is 1. The Labute approximate surface area is 278 Å². The standard InChI is InChI=1S/C39H59Cl2NO2/c1-27(2)7-6-8-28(3)34-15-16-35-33-14-11-30-26-32(17-19-38(30,4)36(33)18-20-39(34,35)5)44-37(43)25-29-9-12-31(13-10-29)42(23-21-40)24-22-41/h9-13,27-28,32-36H,6-8,14-26H2,1-5H3/t28-,32-,33+,34-,35+,36+,38+,39-/m1/s1. The van der Waals surface area contributed by atoms with Crippen LogP contribution in [0.15, 0.2) is 35.9 Å². The van der Waals surface area contributed by atoms with Gasteiger partial charge in [0.25, 0.3) is 0 Å². The van der Waals surface area contributed by atoms with Crippen LogP contribution in [0.2, 0.25) is 0 Å². The predicted molar refractivity (Wildman–Crippen MR) is 187 cm³/mol. The number of benzene rings is 1. The number of nitrogens with zero attached hydrogens (tertiary/aromatic N) is 1. The van der Waals surface area contributed by atoms with Crippen molar-refractivity contribution in [2.24, 2.45) is 46.3 Å². The minimum absolute atomic E-state index is 0.0111. The molecule has 0 amide bonds. The maximum Gasteiger partial charge on any atom is 0.310 e. The molecule has 1 aromatic rings. The molecule has 0 unspecified atom stereocenters. The molecule has 0 spiro atoms. The van der Waals surface area contributed by atoms with Gasteiger partial charge in [-0.15, -0.1) is 23.2 Å². The van der Waals surface area contributed by atoms with E-state index in [0.29, 0.717) is 23.6 Å². The zero-order valence-corrected chi connectivity index (χ0v) is 29.8. The minimum Gasteiger partial charge on any atom is -0.462 e. The molecule has 1 aromatic carbocycles. The summed E-state index contributed by atoms with van der Waals surface area (Å²) in [4.78, 5) is 15.2. The number of hydrogen-bond acceptors (Lipinski definition) is 3. The molecule has 246 valence electrons. The number of fused-ring (bicyclic) bond motifs is 5. The van der Waals surface area contributed by atoms with Crippen molar-refractivity contribution < 1.29 is 9.53 Å². The van der Waals surface area contributed by atoms with Gasteiger partial charge in [-0.25, -0.2) is 0 Å². The molecule has 0 N–H and O–H groups in total. The number of halogens is 2. The highest BCUT2D eigenvalue weighted by Crippen LogP contribution is 2.67. The quantitative estimate of drug-likeness (QED) is 0.122. The number of ether oxygens (including phenoxy) is 1. The number of alkyl halides is 2. The van der Waals surface area contributed by atoms with E-state index in [1.165, 1.54) is 51.4 Å². The van der Waals surface area contributed by atoms with Gasteiger partial charge in [-0.2, -0.15) is 0 Å². The summed E-state index contributed by atoms with van der Waals surface area (Å²) in [7, 11) is 0. The first-order valence-electron chi connectivity index (χ1n) is 17.9. The highest BCUT2D eigenvalue weighted by atomic mass is 35.5. The van der Waals surface area contributed by atoms with Crippen LogP contribution >= 0.6 is 23.2 Å². The van der Waals surface area contributed by atoms with Crippen LogP contribution in [0.3, 0.4) is 0 Å². The van der Waals surface area contributed by atoms with E-state index in [0.717, 1.165) is 79.1 Å². The van der Waals surface area contributed by atoms with Crippen molar-refractivity contribution in [3.8, 4) is 0 Å². The molecule has 8 atom stereocenters. The average Bonchev–Trinajstić information content (AvgIpc) is 3.35. The van der Waals surface area contributed by atoms with Crippen LogP contribution in [0.5, 0.6) is 0 Å². The lowest BCUT2D eigenvalue weighted by Crippen LogP contribution is -2.51. The molecule has 0 aromatic heterocycles. The molecule has 0 bridgehead atoms. The first-order chi connectivity index (χ1) is 21.1. The maximum absolute atomic E-state index is 13.0. The summed E-state index contributed by atoms with van der Waals surface area (Å²) in [6.45, 7) is 14.1. The van der Waals surface area contributed by atoms with Crippen molar-refractivity contribution >= 4 is 34.9 Å². The zero-order chi connectivity index (χ0) is 31.5. The van der Waals surface area contributed by atoms with Gasteiger partial charge in [0.15, 0.2) is 0 Å². The van der Waals surface area contributed by atoms with Crippen LogP contribution < -0.4 is 4.90 Å². The van der Waals surface area contributed by atoms with Crippen LogP contribution in [0.1, 0.15) is 111 Å². The fourth-order valence-electron chi connectivity index (χ4n) is 10.5. The van der Waals surface area contributed by atoms with Gasteiger partial charge in [-0.3, -0.25) is 4.79 Å². The molecule has 0 saturated heterocycles. The van der Waals surface area contributed by atoms with Gasteiger partial charge in [0, 0.05) is 37.0 Å². The lowest BCUT2D eigenvalue weighted by Gasteiger charge is -2.58. The molecule has 4 aliphatic carbocycles. The monoisotopic (exact) mass is 643 g/mol. The summed E-state index contributed by atoms with van der Waals surface area (Å²) in [5.41, 5.74) is 4.47. The Bertz CT molecular complexity index is 1130. The van der Waals surface area contributed by atoms with E-state index < -0.39 is 0 Å². The summed E-state index contributed by atoms with van der Waals surface area (Å²) in [6, 6.07) is 8.19. The van der Waals surface area contributed by atoms with Crippen molar-refractivity contribution in [3.63, 3.8) is 0 Å². The number of carbonyl (C=O) groups excluding carboxylic acids is 1. The Hall–Kier alpha value is -1.19. The molecule has 0 radical (unpaired) electrons. The Morgan fingerprint density at radius 1 is 0.955 bits per heavy atom. The summed E-state index contributed by atoms with van der Waals surface area (Å²) < 4.78 is 6.13. The number of esters is 1. The van der Waals surface area contributed by atoms with E-state index in [4.69, 9.17) is 27.9 Å². The number of allylic oxidation sites excluding steroid dienone is 1. The SMILES string of the molecule is CC(C)CCC[C@@H](C)[C@H]1CC[C@H]2[C@@H]3CC=C4C[C@H](OC(=O)Cc5ccc(N(CCCl)CCCl)cc5)CC[C@]4(C)[C@H]3CC[C@]12C. The molecule has 3 saturated carbocycles. The van der Waals surface area contributed by atoms with Crippen molar-refractivity contribution in [3.05, 3.63) is 41.5 Å². The van der Waals surface area contributed by atoms with E-state index in [1.807, 2.05) is 12.1 Å². The summed E-state index contributed by atoms with van der Waals surface area (Å²) in [5, 5.41) is 0. The fraction of sp³-hybridized carbons (Fsp3) is 0.769. The second kappa shape index (κ2) is 14.7. The zero-order valence-electron chi connectivity index (χ0n) is 28.3. The van der Waals surface area contributed by atoms with Gasteiger partial charge in [0.1, 0.15) is 6.10 Å². The normalized spacial score (nSPS) is 33.6. The molecule has 44 heavy (non-hydrogen) atoms. The van der Waals surface area contributed by atoms with E-state index in [1.54, 1.807) is 5.57 Å². The molecular weight excluding hydrogens is 585 g/mol. The van der Waals surface area contributed by atoms with Gasteiger partial charge in [-0.1, -0.05) is 77.7 Å². The fourth-order valence-corrected chi connectivity index (χ4v) is 11.0. The van der Waals surface area contributed by atoms with E-state index in [-0.39, 0.29) is 17.5 Å². The van der Waals surface area contributed by atoms with Gasteiger partial charge in [-0.05, 0) is 109 Å². The molecule has 5 rings (SSSR count). The summed E-state index contributed by atoms with van der Waals surface area (Å²) in [5.74, 6) is 6.10. The molecule has 5 heteroatoms.